The lowest BCUT2D eigenvalue weighted by molar-refractivity contribution is -0.135. The third kappa shape index (κ3) is 8.15. The Kier molecular flexibility index (Phi) is 10.2. The molecule has 1 aliphatic rings. The van der Waals surface area contributed by atoms with Crippen LogP contribution in [-0.2, 0) is 9.59 Å². The van der Waals surface area contributed by atoms with Gasteiger partial charge >= 0.3 is 0 Å². The highest BCUT2D eigenvalue weighted by molar-refractivity contribution is 5.92. The number of rotatable bonds is 10. The molecule has 0 radical (unpaired) electrons. The highest BCUT2D eigenvalue weighted by atomic mass is 19.1. The smallest absolute Gasteiger partial charge is 0.246 e. The van der Waals surface area contributed by atoms with Crippen molar-refractivity contribution in [3.8, 4) is 17.6 Å². The van der Waals surface area contributed by atoms with Crippen molar-refractivity contribution < 1.29 is 18.7 Å². The van der Waals surface area contributed by atoms with Gasteiger partial charge in [0.05, 0.1) is 18.9 Å². The second kappa shape index (κ2) is 13.6. The summed E-state index contributed by atoms with van der Waals surface area (Å²) >= 11 is 0. The van der Waals surface area contributed by atoms with E-state index in [1.165, 1.54) is 30.2 Å². The molecule has 10 nitrogen and oxygen atoms in total. The lowest BCUT2D eigenvalue weighted by Gasteiger charge is -2.34. The zero-order chi connectivity index (χ0) is 28.5. The fraction of sp³-hybridized carbons (Fsp3) is 0.429. The van der Waals surface area contributed by atoms with E-state index >= 15 is 0 Å². The molecule has 1 heterocycles. The number of amides is 2. The molecule has 1 saturated carbocycles. The van der Waals surface area contributed by atoms with Crippen LogP contribution in [0.1, 0.15) is 25.3 Å². The van der Waals surface area contributed by atoms with Gasteiger partial charge in [-0.15, -0.1) is 0 Å². The van der Waals surface area contributed by atoms with Crippen molar-refractivity contribution in [1.82, 2.24) is 25.1 Å². The number of hydrogen-bond donors (Lipinski definition) is 3. The second-order valence-electron chi connectivity index (χ2n) is 9.61. The summed E-state index contributed by atoms with van der Waals surface area (Å²) in [6.07, 6.45) is 6.32. The highest BCUT2D eigenvalue weighted by Gasteiger charge is 2.31. The van der Waals surface area contributed by atoms with E-state index in [0.29, 0.717) is 29.6 Å². The number of nitrogens with one attached hydrogen (secondary N) is 3. The van der Waals surface area contributed by atoms with Crippen molar-refractivity contribution in [1.29, 1.82) is 0 Å². The molecule has 2 amide bonds. The molecule has 0 bridgehead atoms. The first-order valence-corrected chi connectivity index (χ1v) is 12.7. The molecule has 0 aliphatic heterocycles. The zero-order valence-corrected chi connectivity index (χ0v) is 23.2. The van der Waals surface area contributed by atoms with E-state index < -0.39 is 11.9 Å². The molecule has 1 aromatic carbocycles. The molecule has 3 N–H and O–H groups in total. The summed E-state index contributed by atoms with van der Waals surface area (Å²) in [5.74, 6) is 6.58. The van der Waals surface area contributed by atoms with E-state index in [1.54, 1.807) is 39.4 Å². The van der Waals surface area contributed by atoms with Gasteiger partial charge < -0.3 is 30.5 Å². The van der Waals surface area contributed by atoms with Gasteiger partial charge in [0.25, 0.3) is 0 Å². The van der Waals surface area contributed by atoms with Crippen LogP contribution in [0.15, 0.2) is 36.5 Å². The number of carbonyl (C=O) groups is 2. The predicted molar refractivity (Wildman–Crippen MR) is 149 cm³/mol. The predicted octanol–water partition coefficient (Wildman–Crippen LogP) is 2.62. The number of likely N-dealkylation sites (N-methyl/N-ethyl adjacent to an activating group) is 2. The quantitative estimate of drug-likeness (QED) is 0.313. The number of ether oxygens (including phenoxy) is 1. The number of methoxy groups -OCH3 is 1. The number of nitrogens with zero attached hydrogens (tertiary/aromatic N) is 4. The minimum Gasteiger partial charge on any atom is -0.494 e. The van der Waals surface area contributed by atoms with E-state index in [-0.39, 0.29) is 29.5 Å². The Labute approximate surface area is 229 Å². The third-order valence-corrected chi connectivity index (χ3v) is 6.37. The van der Waals surface area contributed by atoms with Crippen molar-refractivity contribution in [3.63, 3.8) is 0 Å². The average molecular weight is 538 g/mol. The Morgan fingerprint density at radius 2 is 2.03 bits per heavy atom. The van der Waals surface area contributed by atoms with Gasteiger partial charge in [0.2, 0.25) is 17.8 Å². The maximum Gasteiger partial charge on any atom is 0.246 e. The van der Waals surface area contributed by atoms with Crippen LogP contribution in [0.4, 0.5) is 21.8 Å². The number of aromatic nitrogens is 2. The molecule has 1 aliphatic carbocycles. The summed E-state index contributed by atoms with van der Waals surface area (Å²) in [5.41, 5.74) is 1.12. The van der Waals surface area contributed by atoms with Gasteiger partial charge in [0, 0.05) is 50.4 Å². The number of benzene rings is 1. The SMILES string of the molecule is CNc1nc(Nc2ccc(OC)c(F)c2)ncc1C#C[C@H]1C[C@H](NC(=O)[C@H](C)N(C)C(=O)/C=C/CN(C)C)C1. The molecule has 0 unspecified atom stereocenters. The lowest BCUT2D eigenvalue weighted by Crippen LogP contribution is -2.51. The number of anilines is 3. The van der Waals surface area contributed by atoms with Crippen LogP contribution >= 0.6 is 0 Å². The zero-order valence-electron chi connectivity index (χ0n) is 23.2. The molecule has 2 aromatic rings. The highest BCUT2D eigenvalue weighted by Crippen LogP contribution is 2.27. The van der Waals surface area contributed by atoms with Crippen LogP contribution in [0.2, 0.25) is 0 Å². The van der Waals surface area contributed by atoms with Crippen LogP contribution in [0.3, 0.4) is 0 Å². The molecule has 208 valence electrons. The first kappa shape index (κ1) is 29.4. The number of carbonyl (C=O) groups excluding carboxylic acids is 2. The standard InChI is InChI=1S/C28H36FN7O3/c1-18(36(5)25(37)8-7-13-35(3)4)27(38)32-22-14-19(15-22)9-10-20-17-31-28(34-26(20)30-2)33-21-11-12-24(39-6)23(29)16-21/h7-8,11-12,16-19,22H,13-15H2,1-6H3,(H,32,38)(H2,30,31,33,34)/b8-7+/t18-,19-,22-/m0/s1. The van der Waals surface area contributed by atoms with Gasteiger partial charge in [-0.2, -0.15) is 4.98 Å². The van der Waals surface area contributed by atoms with Crippen molar-refractivity contribution in [2.45, 2.75) is 31.8 Å². The summed E-state index contributed by atoms with van der Waals surface area (Å²) in [7, 11) is 8.60. The van der Waals surface area contributed by atoms with Crippen LogP contribution in [0, 0.1) is 23.6 Å². The van der Waals surface area contributed by atoms with Crippen molar-refractivity contribution >= 4 is 29.3 Å². The van der Waals surface area contributed by atoms with Crippen molar-refractivity contribution in [2.24, 2.45) is 5.92 Å². The average Bonchev–Trinajstić information content (AvgIpc) is 2.89. The summed E-state index contributed by atoms with van der Waals surface area (Å²) in [6, 6.07) is 3.94. The topological polar surface area (TPSA) is 112 Å². The van der Waals surface area contributed by atoms with Crippen LogP contribution in [0.5, 0.6) is 5.75 Å². The Morgan fingerprint density at radius 1 is 1.28 bits per heavy atom. The second-order valence-corrected chi connectivity index (χ2v) is 9.61. The van der Waals surface area contributed by atoms with E-state index in [0.717, 1.165) is 12.8 Å². The largest absolute Gasteiger partial charge is 0.494 e. The Morgan fingerprint density at radius 3 is 2.67 bits per heavy atom. The molecule has 0 spiro atoms. The number of hydrogen-bond acceptors (Lipinski definition) is 8. The molecule has 11 heteroatoms. The third-order valence-electron chi connectivity index (χ3n) is 6.37. The summed E-state index contributed by atoms with van der Waals surface area (Å²) in [6.45, 7) is 2.37. The van der Waals surface area contributed by atoms with Crippen molar-refractivity contribution in [2.75, 3.05) is 52.5 Å². The van der Waals surface area contributed by atoms with Gasteiger partial charge in [0.15, 0.2) is 11.6 Å². The maximum absolute atomic E-state index is 14.0. The fourth-order valence-electron chi connectivity index (χ4n) is 3.80. The minimum absolute atomic E-state index is 0.0172. The van der Waals surface area contributed by atoms with E-state index in [1.807, 2.05) is 19.0 Å². The van der Waals surface area contributed by atoms with E-state index in [4.69, 9.17) is 4.74 Å². The first-order chi connectivity index (χ1) is 18.6. The van der Waals surface area contributed by atoms with Gasteiger partial charge in [-0.05, 0) is 46.0 Å². The molecule has 1 aromatic heterocycles. The van der Waals surface area contributed by atoms with Gasteiger partial charge in [-0.25, -0.2) is 9.37 Å². The molecule has 3 rings (SSSR count). The fourth-order valence-corrected chi connectivity index (χ4v) is 3.80. The first-order valence-electron chi connectivity index (χ1n) is 12.7. The Bertz CT molecular complexity index is 1270. The molecule has 0 saturated heterocycles. The van der Waals surface area contributed by atoms with Crippen LogP contribution < -0.4 is 20.7 Å². The summed E-state index contributed by atoms with van der Waals surface area (Å²) in [5, 5.41) is 8.99. The maximum atomic E-state index is 14.0. The van der Waals surface area contributed by atoms with Gasteiger partial charge in [-0.3, -0.25) is 9.59 Å². The van der Waals surface area contributed by atoms with Gasteiger partial charge in [-0.1, -0.05) is 17.9 Å². The molecule has 1 fully saturated rings. The molecule has 39 heavy (non-hydrogen) atoms. The molecular weight excluding hydrogens is 501 g/mol. The normalized spacial score (nSPS) is 17.0. The monoisotopic (exact) mass is 537 g/mol. The Balaban J connectivity index is 1.51. The summed E-state index contributed by atoms with van der Waals surface area (Å²) in [4.78, 5) is 37.0. The van der Waals surface area contributed by atoms with E-state index in [2.05, 4.69) is 37.8 Å². The van der Waals surface area contributed by atoms with E-state index in [9.17, 15) is 14.0 Å². The summed E-state index contributed by atoms with van der Waals surface area (Å²) < 4.78 is 18.9. The number of halogens is 1. The molecule has 1 atom stereocenters. The van der Waals surface area contributed by atoms with Crippen LogP contribution in [-0.4, -0.2) is 85.5 Å². The Hall–Kier alpha value is -4.17. The molecular formula is C28H36FN7O3. The van der Waals surface area contributed by atoms with Crippen molar-refractivity contribution in [3.05, 3.63) is 47.9 Å². The minimum atomic E-state index is -0.580. The van der Waals surface area contributed by atoms with Crippen LogP contribution in [0.25, 0.3) is 0 Å². The lowest BCUT2D eigenvalue weighted by atomic mass is 9.80. The van der Waals surface area contributed by atoms with Gasteiger partial charge in [0.1, 0.15) is 11.9 Å².